The zero-order valence-electron chi connectivity index (χ0n) is 15.0. The molecule has 0 amide bonds. The summed E-state index contributed by atoms with van der Waals surface area (Å²) in [6.07, 6.45) is 1.58. The molecule has 0 bridgehead atoms. The van der Waals surface area contributed by atoms with Crippen LogP contribution in [0.1, 0.15) is 23.8 Å². The molecule has 1 saturated heterocycles. The number of rotatable bonds is 7. The molecule has 3 atom stereocenters. The number of benzene rings is 1. The lowest BCUT2D eigenvalue weighted by atomic mass is 10.1. The van der Waals surface area contributed by atoms with Crippen LogP contribution < -0.4 is 11.0 Å². The first-order valence-electron chi connectivity index (χ1n) is 8.80. The van der Waals surface area contributed by atoms with E-state index in [1.165, 1.54) is 10.1 Å². The minimum atomic E-state index is -0.623. The van der Waals surface area contributed by atoms with Gasteiger partial charge in [-0.1, -0.05) is 35.4 Å². The van der Waals surface area contributed by atoms with Gasteiger partial charge in [-0.25, -0.2) is 4.79 Å². The van der Waals surface area contributed by atoms with Gasteiger partial charge < -0.3 is 15.2 Å². The third kappa shape index (κ3) is 4.46. The van der Waals surface area contributed by atoms with E-state index in [-0.39, 0.29) is 6.61 Å². The Morgan fingerprint density at radius 3 is 2.93 bits per heavy atom. The average molecular weight is 370 g/mol. The molecule has 0 aliphatic carbocycles. The van der Waals surface area contributed by atoms with Crippen molar-refractivity contribution in [1.29, 1.82) is 0 Å². The van der Waals surface area contributed by atoms with Gasteiger partial charge in [-0.05, 0) is 24.4 Å². The highest BCUT2D eigenvalue weighted by molar-refractivity contribution is 5.41. The predicted molar refractivity (Wildman–Crippen MR) is 100 cm³/mol. The van der Waals surface area contributed by atoms with E-state index in [1.54, 1.807) is 6.20 Å². The molecular formula is C18H22N6O3. The van der Waals surface area contributed by atoms with Crippen molar-refractivity contribution in [2.45, 2.75) is 38.1 Å². The lowest BCUT2D eigenvalue weighted by Gasteiger charge is -2.17. The molecule has 0 unspecified atom stereocenters. The summed E-state index contributed by atoms with van der Waals surface area (Å²) in [5.74, 6) is 0.537. The number of aromatic nitrogens is 2. The third-order valence-electron chi connectivity index (χ3n) is 4.58. The van der Waals surface area contributed by atoms with E-state index in [0.29, 0.717) is 18.8 Å². The van der Waals surface area contributed by atoms with Gasteiger partial charge in [-0.15, -0.1) is 0 Å². The van der Waals surface area contributed by atoms with E-state index in [0.717, 1.165) is 12.0 Å². The highest BCUT2D eigenvalue weighted by Crippen LogP contribution is 2.30. The molecule has 0 radical (unpaired) electrons. The fraction of sp³-hybridized carbons (Fsp3) is 0.444. The molecule has 3 rings (SSSR count). The summed E-state index contributed by atoms with van der Waals surface area (Å²) in [6, 6.07) is 9.54. The number of ether oxygens (including phenoxy) is 1. The Balaban J connectivity index is 1.69. The Bertz CT molecular complexity index is 878. The van der Waals surface area contributed by atoms with E-state index in [4.69, 9.17) is 10.3 Å². The largest absolute Gasteiger partial charge is 0.394 e. The second-order valence-corrected chi connectivity index (χ2v) is 6.44. The molecule has 2 aromatic rings. The van der Waals surface area contributed by atoms with E-state index in [1.807, 2.05) is 25.1 Å². The SMILES string of the molecule is Cc1cn([C@@H]2C[C@H](N=[N+]=[N-])[C@@H](CO)O2)c(=O)nc1NCCc1ccccc1. The van der Waals surface area contributed by atoms with Crippen LogP contribution in [0.25, 0.3) is 10.4 Å². The fourth-order valence-electron chi connectivity index (χ4n) is 3.16. The lowest BCUT2D eigenvalue weighted by Crippen LogP contribution is -2.29. The number of aliphatic hydroxyl groups excluding tert-OH is 1. The maximum atomic E-state index is 12.4. The summed E-state index contributed by atoms with van der Waals surface area (Å²) in [5.41, 5.74) is 10.2. The number of aliphatic hydroxyl groups is 1. The summed E-state index contributed by atoms with van der Waals surface area (Å²) >= 11 is 0. The van der Waals surface area contributed by atoms with Crippen molar-refractivity contribution in [3.63, 3.8) is 0 Å². The lowest BCUT2D eigenvalue weighted by molar-refractivity contribution is -0.0270. The van der Waals surface area contributed by atoms with Crippen LogP contribution in [0.5, 0.6) is 0 Å². The quantitative estimate of drug-likeness (QED) is 0.439. The van der Waals surface area contributed by atoms with Crippen molar-refractivity contribution in [3.8, 4) is 0 Å². The molecular weight excluding hydrogens is 348 g/mol. The minimum Gasteiger partial charge on any atom is -0.394 e. The number of aryl methyl sites for hydroxylation is 1. The molecule has 2 N–H and O–H groups in total. The Morgan fingerprint density at radius 1 is 1.44 bits per heavy atom. The van der Waals surface area contributed by atoms with Gasteiger partial charge in [0, 0.05) is 29.6 Å². The fourth-order valence-corrected chi connectivity index (χ4v) is 3.16. The molecule has 1 aromatic heterocycles. The van der Waals surface area contributed by atoms with Crippen LogP contribution in [0.2, 0.25) is 0 Å². The number of hydrogen-bond acceptors (Lipinski definition) is 6. The van der Waals surface area contributed by atoms with E-state index in [9.17, 15) is 9.90 Å². The maximum absolute atomic E-state index is 12.4. The average Bonchev–Trinajstić information content (AvgIpc) is 3.08. The maximum Gasteiger partial charge on any atom is 0.351 e. The van der Waals surface area contributed by atoms with Crippen molar-refractivity contribution < 1.29 is 9.84 Å². The first-order valence-corrected chi connectivity index (χ1v) is 8.80. The minimum absolute atomic E-state index is 0.277. The smallest absolute Gasteiger partial charge is 0.351 e. The molecule has 1 fully saturated rings. The predicted octanol–water partition coefficient (Wildman–Crippen LogP) is 2.17. The van der Waals surface area contributed by atoms with E-state index >= 15 is 0 Å². The summed E-state index contributed by atoms with van der Waals surface area (Å²) in [7, 11) is 0. The molecule has 0 spiro atoms. The zero-order valence-corrected chi connectivity index (χ0v) is 15.0. The van der Waals surface area contributed by atoms with Crippen molar-refractivity contribution in [1.82, 2.24) is 9.55 Å². The van der Waals surface area contributed by atoms with Crippen LogP contribution in [-0.4, -0.2) is 40.0 Å². The van der Waals surface area contributed by atoms with Crippen LogP contribution in [0, 0.1) is 6.92 Å². The van der Waals surface area contributed by atoms with Crippen molar-refractivity contribution in [3.05, 3.63) is 68.6 Å². The van der Waals surface area contributed by atoms with Gasteiger partial charge in [-0.3, -0.25) is 4.57 Å². The van der Waals surface area contributed by atoms with Crippen molar-refractivity contribution in [2.75, 3.05) is 18.5 Å². The van der Waals surface area contributed by atoms with Gasteiger partial charge in [0.15, 0.2) is 0 Å². The molecule has 142 valence electrons. The second kappa shape index (κ2) is 8.68. The van der Waals surface area contributed by atoms with Gasteiger partial charge in [0.05, 0.1) is 18.8 Å². The van der Waals surface area contributed by atoms with Crippen LogP contribution in [-0.2, 0) is 11.2 Å². The summed E-state index contributed by atoms with van der Waals surface area (Å²) < 4.78 is 7.05. The summed E-state index contributed by atoms with van der Waals surface area (Å²) in [4.78, 5) is 19.3. The molecule has 0 saturated carbocycles. The third-order valence-corrected chi connectivity index (χ3v) is 4.58. The standard InChI is InChI=1S/C18H22N6O3/c1-12-10-24(16-9-14(22-23-19)15(11-25)27-16)18(26)21-17(12)20-8-7-13-5-3-2-4-6-13/h2-6,10,14-16,25H,7-9,11H2,1H3,(H,20,21,26)/t14-,15+,16-/m0/s1. The second-order valence-electron chi connectivity index (χ2n) is 6.44. The number of hydrogen-bond donors (Lipinski definition) is 2. The number of nitrogens with zero attached hydrogens (tertiary/aromatic N) is 5. The molecule has 9 nitrogen and oxygen atoms in total. The van der Waals surface area contributed by atoms with Crippen LogP contribution >= 0.6 is 0 Å². The molecule has 2 heterocycles. The Kier molecular flexibility index (Phi) is 6.08. The highest BCUT2D eigenvalue weighted by Gasteiger charge is 2.35. The zero-order chi connectivity index (χ0) is 19.2. The highest BCUT2D eigenvalue weighted by atomic mass is 16.5. The van der Waals surface area contributed by atoms with Crippen LogP contribution in [0.15, 0.2) is 46.4 Å². The topological polar surface area (TPSA) is 125 Å². The molecule has 1 aliphatic rings. The Hall–Kier alpha value is -2.87. The monoisotopic (exact) mass is 370 g/mol. The van der Waals surface area contributed by atoms with Gasteiger partial charge in [0.25, 0.3) is 0 Å². The van der Waals surface area contributed by atoms with Crippen molar-refractivity contribution in [2.24, 2.45) is 5.11 Å². The Morgan fingerprint density at radius 2 is 2.22 bits per heavy atom. The number of nitrogens with one attached hydrogen (secondary N) is 1. The number of anilines is 1. The molecule has 27 heavy (non-hydrogen) atoms. The number of azide groups is 1. The molecule has 1 aromatic carbocycles. The van der Waals surface area contributed by atoms with Gasteiger partial charge in [0.1, 0.15) is 12.0 Å². The first-order chi connectivity index (χ1) is 13.1. The van der Waals surface area contributed by atoms with Gasteiger partial charge in [-0.2, -0.15) is 4.98 Å². The summed E-state index contributed by atoms with van der Waals surface area (Å²) in [6.45, 7) is 2.24. The van der Waals surface area contributed by atoms with Crippen molar-refractivity contribution >= 4 is 5.82 Å². The molecule has 9 heteroatoms. The molecule has 1 aliphatic heterocycles. The van der Waals surface area contributed by atoms with Crippen LogP contribution in [0.4, 0.5) is 5.82 Å². The van der Waals surface area contributed by atoms with Crippen LogP contribution in [0.3, 0.4) is 0 Å². The summed E-state index contributed by atoms with van der Waals surface area (Å²) in [5, 5.41) is 16.2. The normalized spacial score (nSPS) is 21.6. The van der Waals surface area contributed by atoms with Gasteiger partial charge >= 0.3 is 5.69 Å². The van der Waals surface area contributed by atoms with E-state index < -0.39 is 24.1 Å². The van der Waals surface area contributed by atoms with E-state index in [2.05, 4.69) is 32.5 Å². The first kappa shape index (κ1) is 18.9. The van der Waals surface area contributed by atoms with Gasteiger partial charge in [0.2, 0.25) is 0 Å². The Labute approximate surface area is 156 Å².